The van der Waals surface area contributed by atoms with Gasteiger partial charge in [-0.25, -0.2) is 15.0 Å². The fourth-order valence-electron chi connectivity index (χ4n) is 4.50. The van der Waals surface area contributed by atoms with E-state index in [1.54, 1.807) is 12.5 Å². The Kier molecular flexibility index (Phi) is 6.48. The third-order valence-corrected chi connectivity index (χ3v) is 6.79. The first-order valence-corrected chi connectivity index (χ1v) is 12.2. The molecule has 1 aromatic carbocycles. The molecule has 0 amide bonds. The van der Waals surface area contributed by atoms with E-state index in [4.69, 9.17) is 21.3 Å². The second kappa shape index (κ2) is 9.68. The van der Waals surface area contributed by atoms with Gasteiger partial charge >= 0.3 is 0 Å². The first-order valence-electron chi connectivity index (χ1n) is 11.8. The van der Waals surface area contributed by atoms with Crippen LogP contribution in [0.4, 0.5) is 5.82 Å². The van der Waals surface area contributed by atoms with Crippen LogP contribution in [0.3, 0.4) is 0 Å². The van der Waals surface area contributed by atoms with Crippen LogP contribution in [0.2, 0.25) is 5.02 Å². The Labute approximate surface area is 204 Å². The number of hydrogen-bond donors (Lipinski definition) is 1. The van der Waals surface area contributed by atoms with Gasteiger partial charge in [0.05, 0.1) is 27.7 Å². The minimum atomic E-state index is -0.131. The van der Waals surface area contributed by atoms with Crippen molar-refractivity contribution in [3.63, 3.8) is 0 Å². The molecule has 1 atom stereocenters. The van der Waals surface area contributed by atoms with Crippen molar-refractivity contribution in [2.24, 2.45) is 0 Å². The zero-order chi connectivity index (χ0) is 23.7. The predicted molar refractivity (Wildman–Crippen MR) is 136 cm³/mol. The summed E-state index contributed by atoms with van der Waals surface area (Å²) in [7, 11) is 0. The molecule has 1 aliphatic rings. The van der Waals surface area contributed by atoms with Crippen LogP contribution in [-0.2, 0) is 0 Å². The number of aromatic nitrogens is 4. The average molecular weight is 477 g/mol. The molecule has 0 radical (unpaired) electrons. The maximum absolute atomic E-state index is 6.60. The Morgan fingerprint density at radius 3 is 2.68 bits per heavy atom. The predicted octanol–water partition coefficient (Wildman–Crippen LogP) is 5.65. The first kappa shape index (κ1) is 22.7. The lowest BCUT2D eigenvalue weighted by Gasteiger charge is -2.34. The van der Waals surface area contributed by atoms with Crippen molar-refractivity contribution in [1.82, 2.24) is 24.8 Å². The van der Waals surface area contributed by atoms with Gasteiger partial charge in [0.2, 0.25) is 5.88 Å². The van der Waals surface area contributed by atoms with Crippen LogP contribution in [0.15, 0.2) is 48.9 Å². The molecular formula is C26H29ClN6O. The molecule has 1 aliphatic heterocycles. The van der Waals surface area contributed by atoms with Gasteiger partial charge in [-0.2, -0.15) is 0 Å². The van der Waals surface area contributed by atoms with Gasteiger partial charge in [0.15, 0.2) is 5.82 Å². The van der Waals surface area contributed by atoms with Crippen molar-refractivity contribution in [2.45, 2.75) is 51.8 Å². The Morgan fingerprint density at radius 2 is 1.88 bits per heavy atom. The summed E-state index contributed by atoms with van der Waals surface area (Å²) in [5.74, 6) is 1.27. The van der Waals surface area contributed by atoms with Gasteiger partial charge in [-0.3, -0.25) is 4.98 Å². The number of halogens is 1. The molecular weight excluding hydrogens is 448 g/mol. The number of benzene rings is 1. The zero-order valence-electron chi connectivity index (χ0n) is 19.7. The van der Waals surface area contributed by atoms with E-state index in [9.17, 15) is 0 Å². The molecule has 0 saturated carbocycles. The lowest BCUT2D eigenvalue weighted by Crippen LogP contribution is -2.41. The van der Waals surface area contributed by atoms with Gasteiger partial charge in [0.25, 0.3) is 0 Å². The smallest absolute Gasteiger partial charge is 0.223 e. The maximum Gasteiger partial charge on any atom is 0.223 e. The summed E-state index contributed by atoms with van der Waals surface area (Å²) in [5, 5.41) is 5.98. The summed E-state index contributed by atoms with van der Waals surface area (Å²) < 4.78 is 6.50. The van der Waals surface area contributed by atoms with Crippen LogP contribution in [0.5, 0.6) is 5.88 Å². The topological polar surface area (TPSA) is 76.1 Å². The van der Waals surface area contributed by atoms with Crippen molar-refractivity contribution >= 4 is 39.2 Å². The lowest BCUT2D eigenvalue weighted by atomic mass is 10.1. The molecule has 34 heavy (non-hydrogen) atoms. The van der Waals surface area contributed by atoms with Gasteiger partial charge in [0.1, 0.15) is 17.9 Å². The molecule has 176 valence electrons. The summed E-state index contributed by atoms with van der Waals surface area (Å²) in [6, 6.07) is 12.2. The lowest BCUT2D eigenvalue weighted by molar-refractivity contribution is 0.0822. The van der Waals surface area contributed by atoms with Gasteiger partial charge in [0, 0.05) is 25.3 Å². The van der Waals surface area contributed by atoms with E-state index in [2.05, 4.69) is 58.1 Å². The highest BCUT2D eigenvalue weighted by Crippen LogP contribution is 2.35. The second-order valence-electron chi connectivity index (χ2n) is 9.10. The molecule has 4 aromatic rings. The molecule has 1 saturated heterocycles. The maximum atomic E-state index is 6.60. The van der Waals surface area contributed by atoms with Crippen molar-refractivity contribution in [1.29, 1.82) is 0 Å². The van der Waals surface area contributed by atoms with Crippen LogP contribution in [0.25, 0.3) is 21.8 Å². The van der Waals surface area contributed by atoms with Crippen molar-refractivity contribution in [2.75, 3.05) is 18.4 Å². The summed E-state index contributed by atoms with van der Waals surface area (Å²) in [5.41, 5.74) is 2.38. The number of rotatable bonds is 6. The van der Waals surface area contributed by atoms with Crippen LogP contribution in [0.1, 0.15) is 45.3 Å². The largest absolute Gasteiger partial charge is 0.474 e. The van der Waals surface area contributed by atoms with Crippen LogP contribution < -0.4 is 10.1 Å². The summed E-state index contributed by atoms with van der Waals surface area (Å²) >= 11 is 6.60. The highest BCUT2D eigenvalue weighted by Gasteiger charge is 2.24. The second-order valence-corrected chi connectivity index (χ2v) is 9.50. The molecule has 0 bridgehead atoms. The van der Waals surface area contributed by atoms with E-state index in [0.717, 1.165) is 53.4 Å². The van der Waals surface area contributed by atoms with Gasteiger partial charge in [-0.05, 0) is 63.3 Å². The highest BCUT2D eigenvalue weighted by atomic mass is 35.5. The molecule has 8 heteroatoms. The quantitative estimate of drug-likeness (QED) is 0.385. The fourth-order valence-corrected chi connectivity index (χ4v) is 4.77. The molecule has 7 nitrogen and oxygen atoms in total. The number of nitrogens with one attached hydrogen (secondary N) is 1. The van der Waals surface area contributed by atoms with E-state index in [-0.39, 0.29) is 12.1 Å². The first-order chi connectivity index (χ1) is 16.5. The van der Waals surface area contributed by atoms with Crippen molar-refractivity contribution in [3.05, 3.63) is 59.6 Å². The molecule has 1 fully saturated rings. The number of pyridine rings is 2. The molecule has 5 rings (SSSR count). The molecule has 1 N–H and O–H groups in total. The number of nitrogens with zero attached hydrogens (tertiary/aromatic N) is 5. The van der Waals surface area contributed by atoms with E-state index >= 15 is 0 Å². The number of anilines is 1. The number of fused-ring (bicyclic) bond motifs is 2. The Morgan fingerprint density at radius 1 is 1.06 bits per heavy atom. The standard InChI is InChI=1S/C26H29ClN6O/c1-16(2)33-12-9-19(10-13-33)34-26-23-18(6-4-7-20(23)27)14-22(32-26)17(3)31-25-24-21(29-15-30-25)8-5-11-28-24/h4-8,11,14-17,19H,9-10,12-13H2,1-3H3,(H,29,30,31). The molecule has 0 spiro atoms. The van der Waals surface area contributed by atoms with Crippen LogP contribution in [0, 0.1) is 0 Å². The number of ether oxygens (including phenoxy) is 1. The fraction of sp³-hybridized carbons (Fsp3) is 0.385. The molecule has 4 heterocycles. The minimum Gasteiger partial charge on any atom is -0.474 e. The zero-order valence-corrected chi connectivity index (χ0v) is 20.5. The summed E-state index contributed by atoms with van der Waals surface area (Å²) in [6.07, 6.45) is 5.36. The Bertz CT molecular complexity index is 1300. The monoisotopic (exact) mass is 476 g/mol. The van der Waals surface area contributed by atoms with E-state index in [1.807, 2.05) is 24.3 Å². The highest BCUT2D eigenvalue weighted by molar-refractivity contribution is 6.36. The third kappa shape index (κ3) is 4.63. The van der Waals surface area contributed by atoms with Crippen LogP contribution >= 0.6 is 11.6 Å². The SMILES string of the molecule is CC(Nc1ncnc2cccnc12)c1cc2cccc(Cl)c2c(OC2CCN(C(C)C)CC2)n1. The van der Waals surface area contributed by atoms with E-state index in [0.29, 0.717) is 22.8 Å². The van der Waals surface area contributed by atoms with Crippen molar-refractivity contribution in [3.8, 4) is 5.88 Å². The molecule has 3 aromatic heterocycles. The third-order valence-electron chi connectivity index (χ3n) is 6.47. The Balaban J connectivity index is 1.45. The van der Waals surface area contributed by atoms with E-state index < -0.39 is 0 Å². The van der Waals surface area contributed by atoms with Gasteiger partial charge in [-0.15, -0.1) is 0 Å². The van der Waals surface area contributed by atoms with Crippen LogP contribution in [-0.4, -0.2) is 50.1 Å². The van der Waals surface area contributed by atoms with Gasteiger partial charge in [-0.1, -0.05) is 23.7 Å². The Hall–Kier alpha value is -3.03. The number of likely N-dealkylation sites (tertiary alicyclic amines) is 1. The summed E-state index contributed by atoms with van der Waals surface area (Å²) in [4.78, 5) is 20.6. The van der Waals surface area contributed by atoms with Crippen molar-refractivity contribution < 1.29 is 4.74 Å². The summed E-state index contributed by atoms with van der Waals surface area (Å²) in [6.45, 7) is 8.59. The molecule has 0 aliphatic carbocycles. The van der Waals surface area contributed by atoms with E-state index in [1.165, 1.54) is 0 Å². The minimum absolute atomic E-state index is 0.121. The molecule has 1 unspecified atom stereocenters. The number of hydrogen-bond acceptors (Lipinski definition) is 7. The van der Waals surface area contributed by atoms with Gasteiger partial charge < -0.3 is 15.0 Å². The average Bonchev–Trinajstić information content (AvgIpc) is 2.84. The normalized spacial score (nSPS) is 16.3. The number of piperidine rings is 1.